The summed E-state index contributed by atoms with van der Waals surface area (Å²) in [7, 11) is 0. The van der Waals surface area contributed by atoms with Crippen LogP contribution >= 0.6 is 0 Å². The second kappa shape index (κ2) is 13.8. The smallest absolute Gasteiger partial charge is 0.408 e. The van der Waals surface area contributed by atoms with E-state index in [0.717, 1.165) is 17.5 Å². The third-order valence-electron chi connectivity index (χ3n) is 6.32. The molecule has 2 atom stereocenters. The summed E-state index contributed by atoms with van der Waals surface area (Å²) < 4.78 is 5.43. The summed E-state index contributed by atoms with van der Waals surface area (Å²) >= 11 is 0. The Morgan fingerprint density at radius 3 is 2.10 bits per heavy atom. The van der Waals surface area contributed by atoms with E-state index in [1.807, 2.05) is 52.8 Å². The molecule has 7 nitrogen and oxygen atoms in total. The highest BCUT2D eigenvalue weighted by Crippen LogP contribution is 2.28. The van der Waals surface area contributed by atoms with Gasteiger partial charge < -0.3 is 20.3 Å². The number of ether oxygens (including phenoxy) is 1. The topological polar surface area (TPSA) is 87.7 Å². The Morgan fingerprint density at radius 2 is 1.62 bits per heavy atom. The Hall–Kier alpha value is -3.79. The number of hydrogen-bond acceptors (Lipinski definition) is 4. The van der Waals surface area contributed by atoms with Crippen molar-refractivity contribution in [2.24, 2.45) is 5.92 Å². The van der Waals surface area contributed by atoms with Gasteiger partial charge in [-0.3, -0.25) is 9.59 Å². The molecule has 39 heavy (non-hydrogen) atoms. The van der Waals surface area contributed by atoms with E-state index in [1.54, 1.807) is 49.9 Å². The minimum atomic E-state index is -0.948. The highest BCUT2D eigenvalue weighted by molar-refractivity contribution is 6.00. The summed E-state index contributed by atoms with van der Waals surface area (Å²) in [6.45, 7) is 15.2. The molecule has 0 aromatic heterocycles. The van der Waals surface area contributed by atoms with E-state index in [0.29, 0.717) is 29.8 Å². The van der Waals surface area contributed by atoms with Crippen LogP contribution in [0.25, 0.3) is 0 Å². The van der Waals surface area contributed by atoms with Crippen LogP contribution in [0.3, 0.4) is 0 Å². The first-order valence-corrected chi connectivity index (χ1v) is 13.5. The number of amides is 3. The first-order valence-electron chi connectivity index (χ1n) is 13.5. The highest BCUT2D eigenvalue weighted by atomic mass is 16.6. The van der Waals surface area contributed by atoms with Gasteiger partial charge in [-0.05, 0) is 75.8 Å². The van der Waals surface area contributed by atoms with E-state index >= 15 is 0 Å². The number of carbonyl (C=O) groups excluding carboxylic acids is 3. The first-order chi connectivity index (χ1) is 18.3. The normalized spacial score (nSPS) is 12.7. The van der Waals surface area contributed by atoms with Crippen LogP contribution in [0.1, 0.15) is 82.7 Å². The van der Waals surface area contributed by atoms with Crippen molar-refractivity contribution in [3.8, 4) is 12.3 Å². The quantitative estimate of drug-likeness (QED) is 0.359. The lowest BCUT2D eigenvalue weighted by Crippen LogP contribution is -2.54. The number of nitrogens with zero attached hydrogens (tertiary/aromatic N) is 1. The standard InChI is InChI=1S/C32H43N3O4/c1-10-12-20-35(30(37)26(21(3)4)34-31(38)39-32(7,8)9)28(25-18-16-24(11-2)17-19-25)29(36)33-27-22(5)14-13-15-23(27)6/h2,13-19,21,26,28H,10,12,20H2,1,3-9H3,(H,33,36)(H,34,38). The number of nitrogens with one attached hydrogen (secondary N) is 2. The SMILES string of the molecule is C#Cc1ccc(C(C(=O)Nc2c(C)cccc2C)N(CCCC)C(=O)C(NC(=O)OC(C)(C)C)C(C)C)cc1. The predicted octanol–water partition coefficient (Wildman–Crippen LogP) is 6.14. The number of rotatable bonds is 10. The van der Waals surface area contributed by atoms with Crippen LogP contribution in [0.15, 0.2) is 42.5 Å². The van der Waals surface area contributed by atoms with Crippen LogP contribution in [0, 0.1) is 32.1 Å². The van der Waals surface area contributed by atoms with Crippen molar-refractivity contribution in [2.75, 3.05) is 11.9 Å². The van der Waals surface area contributed by atoms with Crippen molar-refractivity contribution in [1.82, 2.24) is 10.2 Å². The fourth-order valence-electron chi connectivity index (χ4n) is 4.26. The van der Waals surface area contributed by atoms with Gasteiger partial charge in [0.2, 0.25) is 5.91 Å². The predicted molar refractivity (Wildman–Crippen MR) is 156 cm³/mol. The molecule has 2 N–H and O–H groups in total. The van der Waals surface area contributed by atoms with Gasteiger partial charge in [-0.2, -0.15) is 0 Å². The van der Waals surface area contributed by atoms with Crippen molar-refractivity contribution in [2.45, 2.75) is 85.9 Å². The molecule has 2 aromatic carbocycles. The van der Waals surface area contributed by atoms with E-state index in [2.05, 4.69) is 16.6 Å². The number of unbranched alkanes of at least 4 members (excludes halogenated alkanes) is 1. The Bertz CT molecular complexity index is 1170. The number of anilines is 1. The Labute approximate surface area is 233 Å². The van der Waals surface area contributed by atoms with Gasteiger partial charge in [-0.1, -0.05) is 63.4 Å². The van der Waals surface area contributed by atoms with Crippen LogP contribution in [-0.2, 0) is 14.3 Å². The summed E-state index contributed by atoms with van der Waals surface area (Å²) in [5.74, 6) is 1.65. The van der Waals surface area contributed by atoms with E-state index in [9.17, 15) is 14.4 Å². The van der Waals surface area contributed by atoms with Crippen molar-refractivity contribution in [3.05, 3.63) is 64.7 Å². The monoisotopic (exact) mass is 533 g/mol. The third kappa shape index (κ3) is 8.88. The molecule has 2 rings (SSSR count). The molecule has 0 radical (unpaired) electrons. The van der Waals surface area contributed by atoms with E-state index in [1.165, 1.54) is 0 Å². The van der Waals surface area contributed by atoms with E-state index < -0.39 is 23.8 Å². The van der Waals surface area contributed by atoms with Crippen LogP contribution in [-0.4, -0.2) is 41.0 Å². The number of alkyl carbamates (subject to hydrolysis) is 1. The van der Waals surface area contributed by atoms with Gasteiger partial charge in [0.15, 0.2) is 0 Å². The van der Waals surface area contributed by atoms with E-state index in [4.69, 9.17) is 11.2 Å². The number of para-hydroxylation sites is 1. The number of aryl methyl sites for hydroxylation is 2. The van der Waals surface area contributed by atoms with Crippen molar-refractivity contribution in [1.29, 1.82) is 0 Å². The number of carbonyl (C=O) groups is 3. The van der Waals surface area contributed by atoms with Gasteiger partial charge in [-0.25, -0.2) is 4.79 Å². The number of hydrogen-bond donors (Lipinski definition) is 2. The lowest BCUT2D eigenvalue weighted by atomic mass is 9.97. The van der Waals surface area contributed by atoms with Gasteiger partial charge in [0.1, 0.15) is 17.7 Å². The molecule has 0 saturated carbocycles. The molecule has 7 heteroatoms. The summed E-state index contributed by atoms with van der Waals surface area (Å²) in [5, 5.41) is 5.82. The average molecular weight is 534 g/mol. The molecule has 0 bridgehead atoms. The Balaban J connectivity index is 2.57. The molecular weight excluding hydrogens is 490 g/mol. The van der Waals surface area contributed by atoms with Gasteiger partial charge in [0.25, 0.3) is 5.91 Å². The van der Waals surface area contributed by atoms with Crippen LogP contribution in [0.4, 0.5) is 10.5 Å². The largest absolute Gasteiger partial charge is 0.444 e. The molecule has 0 aliphatic carbocycles. The highest BCUT2D eigenvalue weighted by Gasteiger charge is 2.37. The molecule has 2 unspecified atom stereocenters. The summed E-state index contributed by atoms with van der Waals surface area (Å²) in [6, 6.07) is 11.0. The second-order valence-corrected chi connectivity index (χ2v) is 11.2. The summed E-state index contributed by atoms with van der Waals surface area (Å²) in [6.07, 6.45) is 6.38. The van der Waals surface area contributed by atoms with Gasteiger partial charge in [0, 0.05) is 17.8 Å². The van der Waals surface area contributed by atoms with Crippen molar-refractivity contribution < 1.29 is 19.1 Å². The van der Waals surface area contributed by atoms with Crippen molar-refractivity contribution >= 4 is 23.6 Å². The maximum absolute atomic E-state index is 14.2. The third-order valence-corrected chi connectivity index (χ3v) is 6.32. The zero-order valence-electron chi connectivity index (χ0n) is 24.6. The minimum Gasteiger partial charge on any atom is -0.444 e. The summed E-state index contributed by atoms with van der Waals surface area (Å²) in [5.41, 5.74) is 3.13. The maximum atomic E-state index is 14.2. The van der Waals surface area contributed by atoms with Crippen LogP contribution in [0.5, 0.6) is 0 Å². The second-order valence-electron chi connectivity index (χ2n) is 11.2. The Morgan fingerprint density at radius 1 is 1.03 bits per heavy atom. The maximum Gasteiger partial charge on any atom is 0.408 e. The molecule has 0 heterocycles. The minimum absolute atomic E-state index is 0.250. The van der Waals surface area contributed by atoms with Gasteiger partial charge in [0.05, 0.1) is 0 Å². The molecule has 0 fully saturated rings. The lowest BCUT2D eigenvalue weighted by Gasteiger charge is -2.36. The molecule has 0 aliphatic heterocycles. The zero-order chi connectivity index (χ0) is 29.3. The van der Waals surface area contributed by atoms with E-state index in [-0.39, 0.29) is 17.7 Å². The Kier molecular flexibility index (Phi) is 11.2. The first kappa shape index (κ1) is 31.4. The van der Waals surface area contributed by atoms with Crippen LogP contribution in [0.2, 0.25) is 0 Å². The fraction of sp³-hybridized carbons (Fsp3) is 0.469. The van der Waals surface area contributed by atoms with Gasteiger partial charge >= 0.3 is 6.09 Å². The number of terminal acetylenes is 1. The van der Waals surface area contributed by atoms with Gasteiger partial charge in [-0.15, -0.1) is 6.42 Å². The number of benzene rings is 2. The molecule has 2 aromatic rings. The van der Waals surface area contributed by atoms with Crippen molar-refractivity contribution in [3.63, 3.8) is 0 Å². The molecular formula is C32H43N3O4. The average Bonchev–Trinajstić information content (AvgIpc) is 2.85. The zero-order valence-corrected chi connectivity index (χ0v) is 24.6. The fourth-order valence-corrected chi connectivity index (χ4v) is 4.26. The molecule has 0 aliphatic rings. The molecule has 0 spiro atoms. The summed E-state index contributed by atoms with van der Waals surface area (Å²) in [4.78, 5) is 42.4. The molecule has 0 saturated heterocycles. The van der Waals surface area contributed by atoms with Crippen LogP contribution < -0.4 is 10.6 Å². The lowest BCUT2D eigenvalue weighted by molar-refractivity contribution is -0.141. The molecule has 210 valence electrons. The molecule has 3 amide bonds.